The first-order chi connectivity index (χ1) is 9.87. The highest BCUT2D eigenvalue weighted by Gasteiger charge is 2.44. The minimum absolute atomic E-state index is 0.0112. The number of methoxy groups -OCH3 is 1. The second-order valence-electron chi connectivity index (χ2n) is 5.85. The van der Waals surface area contributed by atoms with Crippen LogP contribution < -0.4 is 0 Å². The quantitative estimate of drug-likeness (QED) is 0.828. The number of ether oxygens (including phenoxy) is 2. The van der Waals surface area contributed by atoms with Gasteiger partial charge in [-0.1, -0.05) is 6.92 Å². The van der Waals surface area contributed by atoms with Crippen molar-refractivity contribution < 1.29 is 19.4 Å². The number of aromatic nitrogens is 4. The molecule has 1 aliphatic rings. The third-order valence-electron chi connectivity index (χ3n) is 4.21. The normalized spacial score (nSPS) is 23.9. The van der Waals surface area contributed by atoms with Gasteiger partial charge in [-0.15, -0.1) is 15.0 Å². The number of hydrogen-bond donors (Lipinski definition) is 1. The Bertz CT molecular complexity index is 516. The molecule has 0 aliphatic carbocycles. The lowest BCUT2D eigenvalue weighted by molar-refractivity contribution is -0.152. The van der Waals surface area contributed by atoms with Crippen LogP contribution in [0, 0.1) is 0 Å². The van der Waals surface area contributed by atoms with Crippen molar-refractivity contribution in [3.05, 3.63) is 5.82 Å². The lowest BCUT2D eigenvalue weighted by Gasteiger charge is -2.26. The van der Waals surface area contributed by atoms with Crippen LogP contribution in [0.2, 0.25) is 0 Å². The van der Waals surface area contributed by atoms with E-state index >= 15 is 0 Å². The Morgan fingerprint density at radius 3 is 2.81 bits per heavy atom. The van der Waals surface area contributed by atoms with Crippen LogP contribution in [0.1, 0.15) is 45.4 Å². The molecule has 1 N–H and O–H groups in total. The van der Waals surface area contributed by atoms with Crippen molar-refractivity contribution in [3.8, 4) is 0 Å². The fraction of sp³-hybridized carbons (Fsp3) is 0.846. The van der Waals surface area contributed by atoms with E-state index in [1.54, 1.807) is 6.92 Å². The monoisotopic (exact) mass is 298 g/mol. The molecule has 1 aliphatic heterocycles. The van der Waals surface area contributed by atoms with Gasteiger partial charge >= 0.3 is 5.97 Å². The third kappa shape index (κ3) is 2.65. The highest BCUT2D eigenvalue weighted by atomic mass is 16.5. The van der Waals surface area contributed by atoms with Crippen molar-refractivity contribution in [3.63, 3.8) is 0 Å². The van der Waals surface area contributed by atoms with Crippen LogP contribution in [0.5, 0.6) is 0 Å². The molecule has 0 radical (unpaired) electrons. The number of carbonyl (C=O) groups is 1. The molecule has 1 saturated heterocycles. The first kappa shape index (κ1) is 15.8. The maximum absolute atomic E-state index is 11.7. The van der Waals surface area contributed by atoms with E-state index in [1.165, 1.54) is 11.9 Å². The Labute approximate surface area is 123 Å². The molecule has 0 saturated carbocycles. The second kappa shape index (κ2) is 5.69. The minimum Gasteiger partial charge on any atom is -0.479 e. The average molecular weight is 298 g/mol. The summed E-state index contributed by atoms with van der Waals surface area (Å²) in [5, 5.41) is 21.9. The van der Waals surface area contributed by atoms with E-state index in [0.29, 0.717) is 18.9 Å². The lowest BCUT2D eigenvalue weighted by Crippen LogP contribution is -2.47. The van der Waals surface area contributed by atoms with Gasteiger partial charge in [0.2, 0.25) is 5.54 Å². The molecule has 0 spiro atoms. The molecule has 2 heterocycles. The maximum atomic E-state index is 11.7. The average Bonchev–Trinajstić information content (AvgIpc) is 3.01. The zero-order valence-electron chi connectivity index (χ0n) is 12.9. The number of nitrogens with zero attached hydrogens (tertiary/aromatic N) is 4. The fourth-order valence-electron chi connectivity index (χ4n) is 2.71. The van der Waals surface area contributed by atoms with E-state index < -0.39 is 11.5 Å². The molecule has 8 heteroatoms. The minimum atomic E-state index is -1.33. The van der Waals surface area contributed by atoms with E-state index in [-0.39, 0.29) is 18.1 Å². The fourth-order valence-corrected chi connectivity index (χ4v) is 2.71. The summed E-state index contributed by atoms with van der Waals surface area (Å²) in [4.78, 5) is 12.8. The summed E-state index contributed by atoms with van der Waals surface area (Å²) < 4.78 is 10.7. The number of rotatable bonds is 6. The standard InChI is InChI=1S/C13H22N4O4/c1-5-13(8-20-4,11(18)19)17-15-10(14-16-17)9-6-7-21-12(9,2)3/h9H,5-8H2,1-4H3,(H,18,19). The summed E-state index contributed by atoms with van der Waals surface area (Å²) in [6, 6.07) is 0. The molecule has 1 aromatic heterocycles. The van der Waals surface area contributed by atoms with Crippen LogP contribution in [0.25, 0.3) is 0 Å². The highest BCUT2D eigenvalue weighted by molar-refractivity contribution is 5.76. The molecule has 21 heavy (non-hydrogen) atoms. The number of tetrazole rings is 1. The topological polar surface area (TPSA) is 99.4 Å². The number of carboxylic acids is 1. The molecule has 2 unspecified atom stereocenters. The molecule has 0 amide bonds. The van der Waals surface area contributed by atoms with Crippen LogP contribution in [-0.2, 0) is 19.8 Å². The van der Waals surface area contributed by atoms with Crippen molar-refractivity contribution in [1.29, 1.82) is 0 Å². The summed E-state index contributed by atoms with van der Waals surface area (Å²) in [7, 11) is 1.46. The van der Waals surface area contributed by atoms with Crippen LogP contribution in [0.4, 0.5) is 0 Å². The Morgan fingerprint density at radius 2 is 2.33 bits per heavy atom. The van der Waals surface area contributed by atoms with Crippen LogP contribution in [0.15, 0.2) is 0 Å². The second-order valence-corrected chi connectivity index (χ2v) is 5.85. The van der Waals surface area contributed by atoms with Gasteiger partial charge in [-0.3, -0.25) is 0 Å². The van der Waals surface area contributed by atoms with Crippen molar-refractivity contribution in [2.45, 2.75) is 50.7 Å². The molecule has 0 aromatic carbocycles. The van der Waals surface area contributed by atoms with Gasteiger partial charge in [0.25, 0.3) is 0 Å². The molecule has 8 nitrogen and oxygen atoms in total. The van der Waals surface area contributed by atoms with Crippen molar-refractivity contribution >= 4 is 5.97 Å². The molecule has 1 fully saturated rings. The van der Waals surface area contributed by atoms with E-state index in [2.05, 4.69) is 15.4 Å². The number of carboxylic acid groups (broad SMARTS) is 1. The van der Waals surface area contributed by atoms with Gasteiger partial charge in [-0.05, 0) is 31.9 Å². The van der Waals surface area contributed by atoms with Crippen molar-refractivity contribution in [2.24, 2.45) is 0 Å². The van der Waals surface area contributed by atoms with Gasteiger partial charge in [0.15, 0.2) is 5.82 Å². The predicted molar refractivity (Wildman–Crippen MR) is 73.0 cm³/mol. The molecular weight excluding hydrogens is 276 g/mol. The van der Waals surface area contributed by atoms with Gasteiger partial charge < -0.3 is 14.6 Å². The number of hydrogen-bond acceptors (Lipinski definition) is 6. The largest absolute Gasteiger partial charge is 0.479 e. The van der Waals surface area contributed by atoms with E-state index in [4.69, 9.17) is 9.47 Å². The zero-order valence-corrected chi connectivity index (χ0v) is 12.9. The molecule has 2 atom stereocenters. The summed E-state index contributed by atoms with van der Waals surface area (Å²) in [6.07, 6.45) is 1.10. The van der Waals surface area contributed by atoms with Crippen molar-refractivity contribution in [1.82, 2.24) is 20.2 Å². The summed E-state index contributed by atoms with van der Waals surface area (Å²) >= 11 is 0. The first-order valence-corrected chi connectivity index (χ1v) is 7.04. The predicted octanol–water partition coefficient (Wildman–Crippen LogP) is 0.792. The lowest BCUT2D eigenvalue weighted by atomic mass is 9.90. The van der Waals surface area contributed by atoms with Gasteiger partial charge in [-0.2, -0.15) is 0 Å². The zero-order chi connectivity index (χ0) is 15.7. The van der Waals surface area contributed by atoms with E-state index in [9.17, 15) is 9.90 Å². The van der Waals surface area contributed by atoms with Crippen LogP contribution in [-0.4, -0.2) is 57.2 Å². The van der Waals surface area contributed by atoms with E-state index in [1.807, 2.05) is 13.8 Å². The highest BCUT2D eigenvalue weighted by Crippen LogP contribution is 2.37. The molecule has 0 bridgehead atoms. The molecule has 1 aromatic rings. The smallest absolute Gasteiger partial charge is 0.336 e. The van der Waals surface area contributed by atoms with Gasteiger partial charge in [0, 0.05) is 13.7 Å². The maximum Gasteiger partial charge on any atom is 0.336 e. The summed E-state index contributed by atoms with van der Waals surface area (Å²) in [6.45, 7) is 6.34. The first-order valence-electron chi connectivity index (χ1n) is 7.04. The Kier molecular flexibility index (Phi) is 4.29. The molecule has 2 rings (SSSR count). The SMILES string of the molecule is CCC(COC)(C(=O)O)n1nnc(C2CCOC2(C)C)n1. The molecule has 118 valence electrons. The van der Waals surface area contributed by atoms with Gasteiger partial charge in [-0.25, -0.2) is 4.79 Å². The van der Waals surface area contributed by atoms with Crippen molar-refractivity contribution in [2.75, 3.05) is 20.3 Å². The summed E-state index contributed by atoms with van der Waals surface area (Å²) in [5.41, 5.74) is -1.70. The Hall–Kier alpha value is -1.54. The van der Waals surface area contributed by atoms with Gasteiger partial charge in [0.1, 0.15) is 0 Å². The Balaban J connectivity index is 2.35. The van der Waals surface area contributed by atoms with Gasteiger partial charge in [0.05, 0.1) is 18.1 Å². The third-order valence-corrected chi connectivity index (χ3v) is 4.21. The van der Waals surface area contributed by atoms with Crippen LogP contribution >= 0.6 is 0 Å². The van der Waals surface area contributed by atoms with E-state index in [0.717, 1.165) is 6.42 Å². The van der Waals surface area contributed by atoms with Crippen LogP contribution in [0.3, 0.4) is 0 Å². The molecular formula is C13H22N4O4. The summed E-state index contributed by atoms with van der Waals surface area (Å²) in [5.74, 6) is -0.498. The Morgan fingerprint density at radius 1 is 1.62 bits per heavy atom. The number of aliphatic carboxylic acids is 1.